The van der Waals surface area contributed by atoms with Crippen molar-refractivity contribution in [1.82, 2.24) is 15.1 Å². The number of aliphatic carboxylic acids is 1. The quantitative estimate of drug-likeness (QED) is 0.789. The van der Waals surface area contributed by atoms with Gasteiger partial charge in [0.15, 0.2) is 0 Å². The summed E-state index contributed by atoms with van der Waals surface area (Å²) in [5, 5.41) is 11.7. The summed E-state index contributed by atoms with van der Waals surface area (Å²) in [7, 11) is 0. The number of rotatable bonds is 4. The Labute approximate surface area is 113 Å². The molecule has 0 aromatic carbocycles. The molecule has 19 heavy (non-hydrogen) atoms. The molecule has 2 fully saturated rings. The number of piperazine rings is 1. The molecule has 2 atom stereocenters. The first-order valence-electron chi connectivity index (χ1n) is 7.14. The van der Waals surface area contributed by atoms with Gasteiger partial charge in [0, 0.05) is 25.7 Å². The van der Waals surface area contributed by atoms with Crippen molar-refractivity contribution in [3.05, 3.63) is 0 Å². The second-order valence-electron chi connectivity index (χ2n) is 5.41. The fourth-order valence-corrected chi connectivity index (χ4v) is 2.96. The van der Waals surface area contributed by atoms with E-state index in [2.05, 4.69) is 10.2 Å². The zero-order valence-corrected chi connectivity index (χ0v) is 11.5. The average molecular weight is 269 g/mol. The van der Waals surface area contributed by atoms with Crippen LogP contribution in [0.15, 0.2) is 0 Å². The smallest absolute Gasteiger partial charge is 0.326 e. The topological polar surface area (TPSA) is 72.9 Å². The molecule has 2 amide bonds. The van der Waals surface area contributed by atoms with Crippen molar-refractivity contribution in [3.63, 3.8) is 0 Å². The summed E-state index contributed by atoms with van der Waals surface area (Å²) in [4.78, 5) is 27.3. The van der Waals surface area contributed by atoms with Crippen LogP contribution < -0.4 is 5.32 Å². The predicted octanol–water partition coefficient (Wildman–Crippen LogP) is 0.729. The maximum Gasteiger partial charge on any atom is 0.326 e. The van der Waals surface area contributed by atoms with Gasteiger partial charge in [0.1, 0.15) is 6.04 Å². The van der Waals surface area contributed by atoms with E-state index in [1.54, 1.807) is 4.90 Å². The van der Waals surface area contributed by atoms with Gasteiger partial charge in [-0.2, -0.15) is 0 Å². The molecular weight excluding hydrogens is 246 g/mol. The highest BCUT2D eigenvalue weighted by molar-refractivity contribution is 5.82. The Balaban J connectivity index is 1.87. The van der Waals surface area contributed by atoms with Crippen molar-refractivity contribution in [2.45, 2.75) is 44.7 Å². The summed E-state index contributed by atoms with van der Waals surface area (Å²) in [5.74, 6) is -0.949. The van der Waals surface area contributed by atoms with Gasteiger partial charge >= 0.3 is 12.0 Å². The van der Waals surface area contributed by atoms with Crippen LogP contribution in [0.4, 0.5) is 4.79 Å². The number of urea groups is 1. The zero-order valence-electron chi connectivity index (χ0n) is 11.5. The first-order valence-corrected chi connectivity index (χ1v) is 7.14. The summed E-state index contributed by atoms with van der Waals surface area (Å²) >= 11 is 0. The number of hydrogen-bond acceptors (Lipinski definition) is 3. The van der Waals surface area contributed by atoms with Gasteiger partial charge < -0.3 is 15.3 Å². The molecule has 108 valence electrons. The van der Waals surface area contributed by atoms with Gasteiger partial charge in [-0.05, 0) is 25.8 Å². The van der Waals surface area contributed by atoms with Crippen LogP contribution in [0.3, 0.4) is 0 Å². The minimum Gasteiger partial charge on any atom is -0.480 e. The summed E-state index contributed by atoms with van der Waals surface area (Å²) in [6, 6.07) is -0.527. The highest BCUT2D eigenvalue weighted by atomic mass is 16.4. The number of amides is 2. The third-order valence-corrected chi connectivity index (χ3v) is 4.05. The first-order chi connectivity index (χ1) is 9.11. The Morgan fingerprint density at radius 1 is 1.37 bits per heavy atom. The number of carbonyl (C=O) groups excluding carboxylic acids is 1. The molecule has 2 rings (SSSR count). The molecule has 0 aromatic heterocycles. The standard InChI is InChI=1S/C13H23N3O3/c1-2-4-11(12(17)18)14-13(19)16-8-7-15-6-3-5-10(15)9-16/h10-11H,2-9H2,1H3,(H,14,19)(H,17,18). The third-order valence-electron chi connectivity index (χ3n) is 4.05. The molecule has 2 saturated heterocycles. The van der Waals surface area contributed by atoms with Crippen LogP contribution in [-0.4, -0.2) is 65.2 Å². The van der Waals surface area contributed by atoms with Crippen molar-refractivity contribution in [1.29, 1.82) is 0 Å². The molecule has 0 aliphatic carbocycles. The largest absolute Gasteiger partial charge is 0.480 e. The molecular formula is C13H23N3O3. The Hall–Kier alpha value is -1.30. The van der Waals surface area contributed by atoms with Gasteiger partial charge in [0.05, 0.1) is 0 Å². The predicted molar refractivity (Wildman–Crippen MR) is 71.0 cm³/mol. The maximum atomic E-state index is 12.1. The molecule has 2 aliphatic rings. The Morgan fingerprint density at radius 3 is 2.84 bits per heavy atom. The number of fused-ring (bicyclic) bond motifs is 1. The number of nitrogens with one attached hydrogen (secondary N) is 1. The molecule has 0 spiro atoms. The number of carbonyl (C=O) groups is 2. The lowest BCUT2D eigenvalue weighted by atomic mass is 10.1. The van der Waals surface area contributed by atoms with Crippen molar-refractivity contribution >= 4 is 12.0 Å². The van der Waals surface area contributed by atoms with Crippen molar-refractivity contribution in [3.8, 4) is 0 Å². The molecule has 6 nitrogen and oxygen atoms in total. The zero-order chi connectivity index (χ0) is 13.8. The number of hydrogen-bond donors (Lipinski definition) is 2. The van der Waals surface area contributed by atoms with E-state index < -0.39 is 12.0 Å². The lowest BCUT2D eigenvalue weighted by Crippen LogP contribution is -2.56. The fourth-order valence-electron chi connectivity index (χ4n) is 2.96. The van der Waals surface area contributed by atoms with E-state index in [-0.39, 0.29) is 6.03 Å². The van der Waals surface area contributed by atoms with E-state index >= 15 is 0 Å². The van der Waals surface area contributed by atoms with Crippen LogP contribution in [0, 0.1) is 0 Å². The molecule has 2 unspecified atom stereocenters. The Kier molecular flexibility index (Phi) is 4.63. The van der Waals surface area contributed by atoms with Crippen LogP contribution >= 0.6 is 0 Å². The minimum absolute atomic E-state index is 0.229. The van der Waals surface area contributed by atoms with Crippen LogP contribution in [0.2, 0.25) is 0 Å². The maximum absolute atomic E-state index is 12.1. The molecule has 0 saturated carbocycles. The van der Waals surface area contributed by atoms with Crippen molar-refractivity contribution in [2.75, 3.05) is 26.2 Å². The molecule has 0 radical (unpaired) electrons. The van der Waals surface area contributed by atoms with Crippen molar-refractivity contribution in [2.24, 2.45) is 0 Å². The minimum atomic E-state index is -0.949. The lowest BCUT2D eigenvalue weighted by Gasteiger charge is -2.37. The second kappa shape index (κ2) is 6.23. The highest BCUT2D eigenvalue weighted by Crippen LogP contribution is 2.21. The van der Waals surface area contributed by atoms with Crippen molar-refractivity contribution < 1.29 is 14.7 Å². The fraction of sp³-hybridized carbons (Fsp3) is 0.846. The molecule has 2 N–H and O–H groups in total. The summed E-state index contributed by atoms with van der Waals surface area (Å²) in [5.41, 5.74) is 0. The van der Waals surface area contributed by atoms with Gasteiger partial charge in [-0.15, -0.1) is 0 Å². The highest BCUT2D eigenvalue weighted by Gasteiger charge is 2.33. The van der Waals surface area contributed by atoms with E-state index in [9.17, 15) is 9.59 Å². The molecule has 6 heteroatoms. The van der Waals surface area contributed by atoms with E-state index in [4.69, 9.17) is 5.11 Å². The number of nitrogens with zero attached hydrogens (tertiary/aromatic N) is 2. The van der Waals surface area contributed by atoms with Gasteiger partial charge in [0.25, 0.3) is 0 Å². The molecule has 2 aliphatic heterocycles. The number of carboxylic acids is 1. The normalized spacial score (nSPS) is 24.9. The van der Waals surface area contributed by atoms with Crippen LogP contribution in [0.5, 0.6) is 0 Å². The Morgan fingerprint density at radius 2 is 2.16 bits per heavy atom. The van der Waals surface area contributed by atoms with Crippen LogP contribution in [-0.2, 0) is 4.79 Å². The van der Waals surface area contributed by atoms with Gasteiger partial charge in [-0.3, -0.25) is 4.90 Å². The van der Waals surface area contributed by atoms with Gasteiger partial charge in [-0.25, -0.2) is 9.59 Å². The van der Waals surface area contributed by atoms with E-state index in [1.165, 1.54) is 6.42 Å². The summed E-state index contributed by atoms with van der Waals surface area (Å²) in [6.45, 7) is 5.38. The third kappa shape index (κ3) is 3.37. The second-order valence-corrected chi connectivity index (χ2v) is 5.41. The van der Waals surface area contributed by atoms with Gasteiger partial charge in [0.2, 0.25) is 0 Å². The Bertz CT molecular complexity index is 348. The van der Waals surface area contributed by atoms with Crippen LogP contribution in [0.1, 0.15) is 32.6 Å². The molecule has 0 bridgehead atoms. The SMILES string of the molecule is CCCC(NC(=O)N1CCN2CCCC2C1)C(=O)O. The van der Waals surface area contributed by atoms with E-state index in [1.807, 2.05) is 6.92 Å². The summed E-state index contributed by atoms with van der Waals surface area (Å²) < 4.78 is 0. The molecule has 0 aromatic rings. The molecule has 2 heterocycles. The lowest BCUT2D eigenvalue weighted by molar-refractivity contribution is -0.139. The van der Waals surface area contributed by atoms with E-state index in [0.29, 0.717) is 19.0 Å². The monoisotopic (exact) mass is 269 g/mol. The number of carboxylic acid groups (broad SMARTS) is 1. The van der Waals surface area contributed by atoms with Crippen LogP contribution in [0.25, 0.3) is 0 Å². The first kappa shape index (κ1) is 14.1. The van der Waals surface area contributed by atoms with Gasteiger partial charge in [-0.1, -0.05) is 13.3 Å². The van der Waals surface area contributed by atoms with E-state index in [0.717, 1.165) is 32.5 Å². The average Bonchev–Trinajstić information content (AvgIpc) is 2.85. The summed E-state index contributed by atoms with van der Waals surface area (Å²) in [6.07, 6.45) is 3.56.